The van der Waals surface area contributed by atoms with Crippen LogP contribution in [0.5, 0.6) is 5.75 Å². The van der Waals surface area contributed by atoms with E-state index in [9.17, 15) is 14.7 Å². The topological polar surface area (TPSA) is 122 Å². The zero-order valence-electron chi connectivity index (χ0n) is 29.3. The Kier molecular flexibility index (Phi) is 9.14. The van der Waals surface area contributed by atoms with Crippen molar-refractivity contribution in [3.05, 3.63) is 80.6 Å². The normalized spacial score (nSPS) is 17.7. The predicted molar refractivity (Wildman–Crippen MR) is 195 cm³/mol. The number of carbonyl (C=O) groups is 2. The van der Waals surface area contributed by atoms with Crippen molar-refractivity contribution in [3.8, 4) is 28.3 Å². The monoisotopic (exact) mass is 733 g/mol. The number of rotatable bonds is 8. The number of fused-ring (bicyclic) bond motifs is 5. The van der Waals surface area contributed by atoms with Gasteiger partial charge in [0.2, 0.25) is 12.1 Å². The van der Waals surface area contributed by atoms with E-state index in [2.05, 4.69) is 22.2 Å². The standard InChI is InChI=1S/C38H41ClFN5O5S/c1-7-20-15-25(42-33(20)27-9-8-12-44(27)34(46)32(19(2)3)43-37(47)49-6)21-14-24(40)31-28-16-22-13-23(39)10-11-26(22)45(28)35(50-29(31)17-21)30-18-41-36(51-30)38(4,5)48/h10-11,13-19,27,32,35,42,48H,7-9,12H2,1-6H3,(H,43,47). The quantitative estimate of drug-likeness (QED) is 0.148. The highest BCUT2D eigenvalue weighted by Gasteiger charge is 2.38. The largest absolute Gasteiger partial charge is 0.464 e. The van der Waals surface area contributed by atoms with Gasteiger partial charge in [-0.25, -0.2) is 14.2 Å². The van der Waals surface area contributed by atoms with Crippen molar-refractivity contribution in [1.29, 1.82) is 0 Å². The summed E-state index contributed by atoms with van der Waals surface area (Å²) in [5.41, 5.74) is 3.89. The molecule has 0 bridgehead atoms. The van der Waals surface area contributed by atoms with E-state index in [1.54, 1.807) is 26.1 Å². The summed E-state index contributed by atoms with van der Waals surface area (Å²) in [5, 5.41) is 15.3. The summed E-state index contributed by atoms with van der Waals surface area (Å²) in [7, 11) is 1.28. The highest BCUT2D eigenvalue weighted by Crippen LogP contribution is 2.48. The Labute approximate surface area is 304 Å². The number of halogens is 2. The lowest BCUT2D eigenvalue weighted by atomic mass is 10.0. The lowest BCUT2D eigenvalue weighted by molar-refractivity contribution is -0.135. The lowest BCUT2D eigenvalue weighted by Crippen LogP contribution is -2.51. The van der Waals surface area contributed by atoms with Gasteiger partial charge in [0.15, 0.2) is 0 Å². The van der Waals surface area contributed by atoms with Crippen molar-refractivity contribution in [2.24, 2.45) is 5.92 Å². The van der Waals surface area contributed by atoms with Gasteiger partial charge in [0.05, 0.1) is 34.8 Å². The number of hydrogen-bond donors (Lipinski definition) is 3. The van der Waals surface area contributed by atoms with Gasteiger partial charge in [0, 0.05) is 40.1 Å². The molecule has 3 aromatic heterocycles. The number of aryl methyl sites for hydroxylation is 1. The summed E-state index contributed by atoms with van der Waals surface area (Å²) in [6.45, 7) is 9.76. The molecule has 0 saturated carbocycles. The molecule has 2 aliphatic heterocycles. The van der Waals surface area contributed by atoms with Crippen LogP contribution in [0.3, 0.4) is 0 Å². The van der Waals surface area contributed by atoms with Crippen LogP contribution < -0.4 is 10.1 Å². The molecule has 1 fully saturated rings. The average molecular weight is 734 g/mol. The number of benzene rings is 2. The van der Waals surface area contributed by atoms with Gasteiger partial charge in [-0.2, -0.15) is 0 Å². The molecule has 3 atom stereocenters. The van der Waals surface area contributed by atoms with Gasteiger partial charge in [-0.3, -0.25) is 9.36 Å². The number of aromatic amines is 1. The molecule has 10 nitrogen and oxygen atoms in total. The minimum Gasteiger partial charge on any atom is -0.464 e. The molecule has 2 aromatic carbocycles. The third-order valence-electron chi connectivity index (χ3n) is 9.76. The van der Waals surface area contributed by atoms with Crippen molar-refractivity contribution in [3.63, 3.8) is 0 Å². The third-order valence-corrected chi connectivity index (χ3v) is 11.3. The molecule has 13 heteroatoms. The summed E-state index contributed by atoms with van der Waals surface area (Å²) in [4.78, 5) is 36.6. The third kappa shape index (κ3) is 6.27. The Morgan fingerprint density at radius 3 is 2.71 bits per heavy atom. The number of amides is 2. The maximum absolute atomic E-state index is 16.5. The molecular formula is C38H41ClFN5O5S. The molecule has 0 aliphatic carbocycles. The van der Waals surface area contributed by atoms with Gasteiger partial charge in [-0.1, -0.05) is 32.4 Å². The van der Waals surface area contributed by atoms with E-state index in [1.807, 2.05) is 53.6 Å². The minimum absolute atomic E-state index is 0.146. The van der Waals surface area contributed by atoms with E-state index in [0.29, 0.717) is 51.3 Å². The van der Waals surface area contributed by atoms with Gasteiger partial charge < -0.3 is 29.8 Å². The zero-order valence-corrected chi connectivity index (χ0v) is 30.9. The van der Waals surface area contributed by atoms with E-state index in [4.69, 9.17) is 21.1 Å². The Balaban J connectivity index is 1.29. The van der Waals surface area contributed by atoms with Crippen LogP contribution in [0.4, 0.5) is 9.18 Å². The van der Waals surface area contributed by atoms with E-state index in [0.717, 1.165) is 39.9 Å². The second-order valence-corrected chi connectivity index (χ2v) is 15.6. The summed E-state index contributed by atoms with van der Waals surface area (Å²) >= 11 is 7.71. The molecule has 5 heterocycles. The summed E-state index contributed by atoms with van der Waals surface area (Å²) < 4.78 is 29.9. The van der Waals surface area contributed by atoms with Gasteiger partial charge in [-0.15, -0.1) is 11.3 Å². The van der Waals surface area contributed by atoms with Crippen molar-refractivity contribution in [2.75, 3.05) is 13.7 Å². The van der Waals surface area contributed by atoms with Gasteiger partial charge >= 0.3 is 6.09 Å². The first kappa shape index (κ1) is 35.0. The van der Waals surface area contributed by atoms with Crippen LogP contribution in [0.1, 0.15) is 80.9 Å². The predicted octanol–water partition coefficient (Wildman–Crippen LogP) is 8.33. The molecule has 51 heavy (non-hydrogen) atoms. The molecule has 5 aromatic rings. The number of likely N-dealkylation sites (tertiary alicyclic amines) is 1. The van der Waals surface area contributed by atoms with Gasteiger partial charge in [-0.05, 0) is 87.1 Å². The number of nitrogens with one attached hydrogen (secondary N) is 2. The average Bonchev–Trinajstić information content (AvgIpc) is 3.90. The molecule has 0 radical (unpaired) electrons. The minimum atomic E-state index is -1.14. The smallest absolute Gasteiger partial charge is 0.407 e. The second-order valence-electron chi connectivity index (χ2n) is 14.1. The number of H-pyrrole nitrogens is 1. The number of thiazole rings is 1. The number of aromatic nitrogens is 3. The maximum atomic E-state index is 16.5. The number of alkyl carbamates (subject to hydrolysis) is 1. The van der Waals surface area contributed by atoms with Crippen molar-refractivity contribution in [2.45, 2.75) is 77.8 Å². The van der Waals surface area contributed by atoms with Crippen molar-refractivity contribution < 1.29 is 28.6 Å². The zero-order chi connectivity index (χ0) is 36.4. The molecule has 7 rings (SSSR count). The molecule has 2 aliphatic rings. The van der Waals surface area contributed by atoms with Crippen molar-refractivity contribution in [1.82, 2.24) is 24.8 Å². The summed E-state index contributed by atoms with van der Waals surface area (Å²) in [6.07, 6.45) is 2.63. The molecule has 3 N–H and O–H groups in total. The van der Waals surface area contributed by atoms with Crippen LogP contribution in [0.15, 0.2) is 48.7 Å². The highest BCUT2D eigenvalue weighted by molar-refractivity contribution is 7.11. The molecule has 3 unspecified atom stereocenters. The number of nitrogens with zero attached hydrogens (tertiary/aromatic N) is 3. The number of aliphatic hydroxyl groups is 1. The van der Waals surface area contributed by atoms with E-state index < -0.39 is 29.8 Å². The van der Waals surface area contributed by atoms with Gasteiger partial charge in [0.1, 0.15) is 28.2 Å². The fourth-order valence-corrected chi connectivity index (χ4v) is 8.36. The summed E-state index contributed by atoms with van der Waals surface area (Å²) in [5.74, 6) is -0.386. The first-order valence-electron chi connectivity index (χ1n) is 17.2. The molecule has 268 valence electrons. The van der Waals surface area contributed by atoms with E-state index in [-0.39, 0.29) is 17.9 Å². The fraction of sp³-hybridized carbons (Fsp3) is 0.395. The van der Waals surface area contributed by atoms with Gasteiger partial charge in [0.25, 0.3) is 0 Å². The van der Waals surface area contributed by atoms with Crippen LogP contribution in [0, 0.1) is 11.7 Å². The first-order chi connectivity index (χ1) is 24.3. The molecular weight excluding hydrogens is 693 g/mol. The number of carbonyl (C=O) groups excluding carboxylic acids is 2. The first-order valence-corrected chi connectivity index (χ1v) is 18.3. The maximum Gasteiger partial charge on any atom is 0.407 e. The lowest BCUT2D eigenvalue weighted by Gasteiger charge is -2.31. The van der Waals surface area contributed by atoms with Crippen LogP contribution in [0.25, 0.3) is 33.4 Å². The number of ether oxygens (including phenoxy) is 2. The SMILES string of the molecule is CCc1cc(-c2cc(F)c3c(c2)OC(c2cnc(C(C)(C)O)s2)n2c-3cc3cc(Cl)ccc32)[nH]c1C1CCCN1C(=O)C(NC(=O)OC)C(C)C. The fourth-order valence-electron chi connectivity index (χ4n) is 7.24. The Bertz CT molecular complexity index is 2150. The van der Waals surface area contributed by atoms with Crippen LogP contribution in [-0.2, 0) is 21.6 Å². The number of methoxy groups -OCH3 is 1. The van der Waals surface area contributed by atoms with Crippen molar-refractivity contribution >= 4 is 45.8 Å². The molecule has 0 spiro atoms. The molecule has 2 amide bonds. The highest BCUT2D eigenvalue weighted by atomic mass is 35.5. The van der Waals surface area contributed by atoms with E-state index in [1.165, 1.54) is 24.5 Å². The van der Waals surface area contributed by atoms with Crippen LogP contribution in [0.2, 0.25) is 5.02 Å². The van der Waals surface area contributed by atoms with Crippen LogP contribution >= 0.6 is 22.9 Å². The Morgan fingerprint density at radius 2 is 2.02 bits per heavy atom. The number of hydrogen-bond acceptors (Lipinski definition) is 7. The second kappa shape index (κ2) is 13.3. The molecule has 1 saturated heterocycles. The Hall–Kier alpha value is -4.39. The van der Waals surface area contributed by atoms with Crippen LogP contribution in [-0.4, -0.2) is 56.2 Å². The van der Waals surface area contributed by atoms with E-state index >= 15 is 4.39 Å². The Morgan fingerprint density at radius 1 is 1.24 bits per heavy atom. The summed E-state index contributed by atoms with van der Waals surface area (Å²) in [6, 6.07) is 11.9.